The zero-order chi connectivity index (χ0) is 31.2. The van der Waals surface area contributed by atoms with Gasteiger partial charge >= 0.3 is 12.0 Å². The minimum absolute atomic E-state index is 0.0242. The number of nitrogens with one attached hydrogen (secondary N) is 1. The van der Waals surface area contributed by atoms with Gasteiger partial charge in [-0.1, -0.05) is 47.1 Å². The molecule has 1 aliphatic heterocycles. The van der Waals surface area contributed by atoms with E-state index in [2.05, 4.69) is 59.9 Å². The van der Waals surface area contributed by atoms with Gasteiger partial charge in [-0.3, -0.25) is 9.59 Å². The lowest BCUT2D eigenvalue weighted by atomic mass is 9.33. The average Bonchev–Trinajstić information content (AvgIpc) is 2.96. The molecule has 0 spiro atoms. The summed E-state index contributed by atoms with van der Waals surface area (Å²) in [5.74, 6) is 0.724. The average molecular weight is 597 g/mol. The highest BCUT2D eigenvalue weighted by atomic mass is 16.5. The molecule has 0 aromatic rings. The van der Waals surface area contributed by atoms with Gasteiger partial charge in [0.05, 0.1) is 25.7 Å². The summed E-state index contributed by atoms with van der Waals surface area (Å²) in [7, 11) is 1.50. The Kier molecular flexibility index (Phi) is 7.27. The quantitative estimate of drug-likeness (QED) is 0.366. The Bertz CT molecular complexity index is 1220. The smallest absolute Gasteiger partial charge is 0.317 e. The number of allylic oxidation sites excluding steroid dienone is 2. The predicted molar refractivity (Wildman–Crippen MR) is 166 cm³/mol. The lowest BCUT2D eigenvalue weighted by molar-refractivity contribution is -0.189. The second-order valence-corrected chi connectivity index (χ2v) is 17.2. The van der Waals surface area contributed by atoms with Crippen LogP contribution < -0.4 is 5.32 Å². The van der Waals surface area contributed by atoms with Gasteiger partial charge in [-0.05, 0) is 110 Å². The number of hydrogen-bond donors (Lipinski definition) is 1. The number of fused-ring (bicyclic) bond motifs is 7. The van der Waals surface area contributed by atoms with Crippen molar-refractivity contribution in [2.24, 2.45) is 50.2 Å². The number of ether oxygens (including phenoxy) is 2. The maximum Gasteiger partial charge on any atom is 0.317 e. The summed E-state index contributed by atoms with van der Waals surface area (Å²) >= 11 is 0. The third-order valence-electron chi connectivity index (χ3n) is 14.9. The molecule has 0 bridgehead atoms. The third kappa shape index (κ3) is 4.32. The van der Waals surface area contributed by atoms with E-state index in [1.807, 2.05) is 4.90 Å². The molecule has 2 amide bonds. The number of carbonyl (C=O) groups is 3. The molecule has 1 unspecified atom stereocenters. The van der Waals surface area contributed by atoms with E-state index in [1.165, 1.54) is 12.7 Å². The first-order valence-electron chi connectivity index (χ1n) is 17.0. The van der Waals surface area contributed by atoms with Crippen LogP contribution in [0.2, 0.25) is 0 Å². The Balaban J connectivity index is 1.32. The van der Waals surface area contributed by atoms with Crippen LogP contribution in [-0.2, 0) is 19.1 Å². The number of esters is 1. The van der Waals surface area contributed by atoms with Crippen LogP contribution in [0, 0.1) is 50.2 Å². The molecule has 9 atom stereocenters. The van der Waals surface area contributed by atoms with Crippen molar-refractivity contribution in [1.29, 1.82) is 0 Å². The van der Waals surface area contributed by atoms with Crippen LogP contribution in [0.5, 0.6) is 0 Å². The molecule has 5 aliphatic carbocycles. The molecule has 0 aromatic heterocycles. The van der Waals surface area contributed by atoms with Crippen molar-refractivity contribution in [3.8, 4) is 0 Å². The van der Waals surface area contributed by atoms with E-state index >= 15 is 0 Å². The van der Waals surface area contributed by atoms with E-state index in [1.54, 1.807) is 0 Å². The molecule has 0 aromatic carbocycles. The minimum atomic E-state index is -0.503. The van der Waals surface area contributed by atoms with Crippen LogP contribution in [0.4, 0.5) is 4.79 Å². The maximum absolute atomic E-state index is 14.6. The fourth-order valence-corrected chi connectivity index (χ4v) is 11.9. The molecule has 43 heavy (non-hydrogen) atoms. The van der Waals surface area contributed by atoms with E-state index < -0.39 is 5.41 Å². The molecule has 240 valence electrons. The van der Waals surface area contributed by atoms with Crippen molar-refractivity contribution in [2.75, 3.05) is 33.4 Å². The number of ketones is 1. The second kappa shape index (κ2) is 10.1. The molecular weight excluding hydrogens is 540 g/mol. The van der Waals surface area contributed by atoms with E-state index in [4.69, 9.17) is 9.47 Å². The molecule has 1 N–H and O–H groups in total. The standard InChI is InChI=1S/C36H56N2O5/c1-31(2)26-9-12-36(7)28(34(26,5)11-10-27(31)37-30(41)38-17-19-43-20-18-38)25(39)21-23-24-22-33(4,29(40)42-8)14-13-32(24,3)15-16-35(23,36)6/h21,24,26-28H,9-20,22H2,1-8H3,(H,37,41)/t24-,26+,27?,28-,32-,33+,34+,35-,36-/m1/s1. The second-order valence-electron chi connectivity index (χ2n) is 17.2. The lowest BCUT2D eigenvalue weighted by Crippen LogP contribution is -2.68. The Morgan fingerprint density at radius 1 is 0.930 bits per heavy atom. The number of hydrogen-bond acceptors (Lipinski definition) is 5. The summed E-state index contributed by atoms with van der Waals surface area (Å²) in [5, 5.41) is 3.43. The highest BCUT2D eigenvalue weighted by molar-refractivity contribution is 5.95. The van der Waals surface area contributed by atoms with Crippen LogP contribution in [0.3, 0.4) is 0 Å². The van der Waals surface area contributed by atoms with Crippen molar-refractivity contribution in [1.82, 2.24) is 10.2 Å². The monoisotopic (exact) mass is 596 g/mol. The van der Waals surface area contributed by atoms with E-state index in [0.29, 0.717) is 38.0 Å². The predicted octanol–water partition coefficient (Wildman–Crippen LogP) is 6.55. The van der Waals surface area contributed by atoms with Crippen molar-refractivity contribution >= 4 is 17.8 Å². The van der Waals surface area contributed by atoms with Crippen LogP contribution in [0.25, 0.3) is 0 Å². The van der Waals surface area contributed by atoms with Gasteiger partial charge < -0.3 is 19.7 Å². The van der Waals surface area contributed by atoms with E-state index in [0.717, 1.165) is 57.8 Å². The van der Waals surface area contributed by atoms with Gasteiger partial charge in [0, 0.05) is 25.0 Å². The summed E-state index contributed by atoms with van der Waals surface area (Å²) in [4.78, 5) is 42.7. The molecule has 1 heterocycles. The SMILES string of the molecule is COC(=O)[C@@]1(C)CC[C@]2(C)CC[C@]3(C)C(=CC(=O)[C@@H]4[C@@]5(C)CCC(NC(=O)N6CCOCC6)C(C)(C)[C@@H]5CC[C@]43C)[C@H]2C1. The number of carbonyl (C=O) groups excluding carboxylic acids is 3. The highest BCUT2D eigenvalue weighted by Gasteiger charge is 2.70. The molecule has 6 rings (SSSR count). The van der Waals surface area contributed by atoms with Crippen molar-refractivity contribution in [3.63, 3.8) is 0 Å². The number of rotatable bonds is 2. The van der Waals surface area contributed by atoms with Crippen LogP contribution in [0.1, 0.15) is 106 Å². The zero-order valence-corrected chi connectivity index (χ0v) is 28.1. The fourth-order valence-electron chi connectivity index (χ4n) is 11.9. The molecule has 5 fully saturated rings. The van der Waals surface area contributed by atoms with Crippen LogP contribution in [0.15, 0.2) is 11.6 Å². The fraction of sp³-hybridized carbons (Fsp3) is 0.861. The number of nitrogens with zero attached hydrogens (tertiary/aromatic N) is 1. The number of amides is 2. The maximum atomic E-state index is 14.6. The van der Waals surface area contributed by atoms with Gasteiger partial charge in [-0.15, -0.1) is 0 Å². The largest absolute Gasteiger partial charge is 0.469 e. The molecule has 1 saturated heterocycles. The van der Waals surface area contributed by atoms with Crippen molar-refractivity contribution < 1.29 is 23.9 Å². The Hall–Kier alpha value is -1.89. The van der Waals surface area contributed by atoms with Crippen molar-refractivity contribution in [3.05, 3.63) is 11.6 Å². The Morgan fingerprint density at radius 3 is 2.28 bits per heavy atom. The first-order chi connectivity index (χ1) is 20.1. The van der Waals surface area contributed by atoms with E-state index in [9.17, 15) is 14.4 Å². The normalized spacial score (nSPS) is 47.2. The van der Waals surface area contributed by atoms with Crippen LogP contribution in [-0.4, -0.2) is 62.1 Å². The van der Waals surface area contributed by atoms with Gasteiger partial charge in [0.2, 0.25) is 0 Å². The summed E-state index contributed by atoms with van der Waals surface area (Å²) in [6.07, 6.45) is 10.9. The Morgan fingerprint density at radius 2 is 1.60 bits per heavy atom. The molecule has 7 nitrogen and oxygen atoms in total. The number of methoxy groups -OCH3 is 1. The topological polar surface area (TPSA) is 84.9 Å². The lowest BCUT2D eigenvalue weighted by Gasteiger charge is -2.70. The molecular formula is C36H56N2O5. The first-order valence-corrected chi connectivity index (χ1v) is 17.0. The molecule has 0 radical (unpaired) electrons. The van der Waals surface area contributed by atoms with Gasteiger partial charge in [-0.2, -0.15) is 0 Å². The summed E-state index contributed by atoms with van der Waals surface area (Å²) < 4.78 is 10.8. The number of morpholine rings is 1. The van der Waals surface area contributed by atoms with Gasteiger partial charge in [0.15, 0.2) is 5.78 Å². The van der Waals surface area contributed by atoms with Crippen LogP contribution >= 0.6 is 0 Å². The summed E-state index contributed by atoms with van der Waals surface area (Å²) in [6.45, 7) is 18.9. The van der Waals surface area contributed by atoms with E-state index in [-0.39, 0.29) is 57.0 Å². The highest BCUT2D eigenvalue weighted by Crippen LogP contribution is 2.75. The zero-order valence-electron chi connectivity index (χ0n) is 28.1. The Labute approximate surface area is 259 Å². The molecule has 6 aliphatic rings. The number of urea groups is 1. The first kappa shape index (κ1) is 31.1. The summed E-state index contributed by atoms with van der Waals surface area (Å²) in [6, 6.07) is 0.107. The minimum Gasteiger partial charge on any atom is -0.469 e. The van der Waals surface area contributed by atoms with Gasteiger partial charge in [0.25, 0.3) is 0 Å². The van der Waals surface area contributed by atoms with Gasteiger partial charge in [0.1, 0.15) is 0 Å². The summed E-state index contributed by atoms with van der Waals surface area (Å²) in [5.41, 5.74) is 0.459. The van der Waals surface area contributed by atoms with Crippen molar-refractivity contribution in [2.45, 2.75) is 112 Å². The molecule has 7 heteroatoms. The third-order valence-corrected chi connectivity index (χ3v) is 14.9. The van der Waals surface area contributed by atoms with Gasteiger partial charge in [-0.25, -0.2) is 4.79 Å². The molecule has 4 saturated carbocycles.